The number of halogens is 3. The van der Waals surface area contributed by atoms with Crippen molar-refractivity contribution in [2.45, 2.75) is 12.7 Å². The number of imidazole rings is 1. The Hall–Kier alpha value is -2.63. The Balaban J connectivity index is 2.09. The summed E-state index contributed by atoms with van der Waals surface area (Å²) in [5.74, 6) is -0.931. The van der Waals surface area contributed by atoms with Gasteiger partial charge < -0.3 is 4.57 Å². The van der Waals surface area contributed by atoms with Crippen LogP contribution in [-0.4, -0.2) is 15.8 Å². The lowest BCUT2D eigenvalue weighted by atomic mass is 10.1. The third kappa shape index (κ3) is 2.59. The first-order valence-corrected chi connectivity index (χ1v) is 6.48. The van der Waals surface area contributed by atoms with E-state index in [9.17, 15) is 18.0 Å². The molecule has 2 aromatic carbocycles. The summed E-state index contributed by atoms with van der Waals surface area (Å²) in [5, 5.41) is 0. The van der Waals surface area contributed by atoms with Gasteiger partial charge in [-0.3, -0.25) is 4.79 Å². The lowest BCUT2D eigenvalue weighted by Gasteiger charge is -2.11. The van der Waals surface area contributed by atoms with Crippen LogP contribution in [0.15, 0.2) is 48.5 Å². The van der Waals surface area contributed by atoms with Gasteiger partial charge in [0.2, 0.25) is 12.1 Å². The van der Waals surface area contributed by atoms with Crippen molar-refractivity contribution >= 4 is 17.3 Å². The molecule has 0 saturated carbocycles. The summed E-state index contributed by atoms with van der Waals surface area (Å²) in [6.45, 7) is 0.0223. The van der Waals surface area contributed by atoms with E-state index >= 15 is 0 Å². The van der Waals surface area contributed by atoms with Gasteiger partial charge in [-0.05, 0) is 17.7 Å². The molecule has 3 rings (SSSR count). The number of benzene rings is 2. The van der Waals surface area contributed by atoms with Crippen molar-refractivity contribution in [2.24, 2.45) is 0 Å². The molecule has 0 unspecified atom stereocenters. The molecule has 0 fully saturated rings. The summed E-state index contributed by atoms with van der Waals surface area (Å²) in [4.78, 5) is 14.2. The number of carbonyl (C=O) groups excluding carboxylic acids is 1. The Kier molecular flexibility index (Phi) is 3.44. The fourth-order valence-corrected chi connectivity index (χ4v) is 2.31. The molecule has 0 saturated heterocycles. The van der Waals surface area contributed by atoms with E-state index in [-0.39, 0.29) is 6.54 Å². The van der Waals surface area contributed by atoms with Gasteiger partial charge in [0.1, 0.15) is 0 Å². The molecule has 0 atom stereocenters. The fourth-order valence-electron chi connectivity index (χ4n) is 2.31. The minimum absolute atomic E-state index is 0.0223. The Morgan fingerprint density at radius 3 is 2.36 bits per heavy atom. The molecule has 0 aliphatic rings. The van der Waals surface area contributed by atoms with Crippen LogP contribution < -0.4 is 0 Å². The molecule has 0 aliphatic heterocycles. The third-order valence-corrected chi connectivity index (χ3v) is 3.32. The van der Waals surface area contributed by atoms with Crippen LogP contribution >= 0.6 is 0 Å². The smallest absolute Gasteiger partial charge is 0.316 e. The van der Waals surface area contributed by atoms with Crippen LogP contribution in [-0.2, 0) is 17.5 Å². The molecule has 0 spiro atoms. The van der Waals surface area contributed by atoms with Crippen molar-refractivity contribution < 1.29 is 18.0 Å². The molecule has 3 nitrogen and oxygen atoms in total. The average molecular weight is 303 g/mol. The third-order valence-electron chi connectivity index (χ3n) is 3.32. The van der Waals surface area contributed by atoms with Gasteiger partial charge in [0.15, 0.2) is 0 Å². The maximum absolute atomic E-state index is 13.2. The van der Waals surface area contributed by atoms with Gasteiger partial charge in [0.25, 0.3) is 0 Å². The summed E-state index contributed by atoms with van der Waals surface area (Å²) < 4.78 is 40.7. The van der Waals surface area contributed by atoms with Crippen molar-refractivity contribution in [1.29, 1.82) is 0 Å². The van der Waals surface area contributed by atoms with Crippen LogP contribution in [0.2, 0.25) is 0 Å². The van der Waals surface area contributed by atoms with E-state index in [4.69, 9.17) is 0 Å². The lowest BCUT2D eigenvalue weighted by Crippen LogP contribution is -2.15. The number of nitrogens with zero attached hydrogens (tertiary/aromatic N) is 2. The highest BCUT2D eigenvalue weighted by Gasteiger charge is 2.37. The minimum atomic E-state index is -4.53. The number of aromatic nitrogens is 2. The normalized spacial score (nSPS) is 11.8. The zero-order chi connectivity index (χ0) is 15.7. The molecule has 0 amide bonds. The molecule has 1 aromatic heterocycles. The molecule has 6 heteroatoms. The van der Waals surface area contributed by atoms with Crippen LogP contribution in [0.25, 0.3) is 11.0 Å². The quantitative estimate of drug-likeness (QED) is 0.741. The molecule has 0 N–H and O–H groups in total. The highest BCUT2D eigenvalue weighted by molar-refractivity contribution is 5.76. The minimum Gasteiger partial charge on any atom is -0.316 e. The van der Waals surface area contributed by atoms with Gasteiger partial charge in [-0.2, -0.15) is 13.2 Å². The Morgan fingerprint density at radius 2 is 1.73 bits per heavy atom. The van der Waals surface area contributed by atoms with E-state index in [2.05, 4.69) is 4.98 Å². The standard InChI is InChI=1S/C16H10F3N2O/c17-16(18,19)15-20-13-3-1-2-4-14(13)21(15)9-11-5-7-12(10-22)8-6-11/h1-8H,9H2. The van der Waals surface area contributed by atoms with E-state index in [0.29, 0.717) is 22.2 Å². The molecule has 0 bridgehead atoms. The van der Waals surface area contributed by atoms with Crippen molar-refractivity contribution in [3.8, 4) is 0 Å². The summed E-state index contributed by atoms with van der Waals surface area (Å²) in [5.41, 5.74) is 1.72. The largest absolute Gasteiger partial charge is 0.449 e. The predicted molar refractivity (Wildman–Crippen MR) is 75.1 cm³/mol. The van der Waals surface area contributed by atoms with Crippen molar-refractivity contribution in [3.05, 3.63) is 65.5 Å². The van der Waals surface area contributed by atoms with Crippen molar-refractivity contribution in [2.75, 3.05) is 0 Å². The van der Waals surface area contributed by atoms with E-state index in [0.717, 1.165) is 4.57 Å². The first-order chi connectivity index (χ1) is 10.5. The van der Waals surface area contributed by atoms with Gasteiger partial charge in [-0.25, -0.2) is 4.98 Å². The van der Waals surface area contributed by atoms with E-state index in [1.54, 1.807) is 42.7 Å². The maximum atomic E-state index is 13.2. The second-order valence-corrected chi connectivity index (χ2v) is 4.81. The predicted octanol–water partition coefficient (Wildman–Crippen LogP) is 3.56. The van der Waals surface area contributed by atoms with Crippen LogP contribution in [0, 0.1) is 0 Å². The van der Waals surface area contributed by atoms with E-state index < -0.39 is 12.0 Å². The van der Waals surface area contributed by atoms with Gasteiger partial charge >= 0.3 is 6.18 Å². The van der Waals surface area contributed by atoms with Crippen LogP contribution in [0.5, 0.6) is 0 Å². The first kappa shape index (κ1) is 14.3. The number of hydrogen-bond acceptors (Lipinski definition) is 2. The Labute approximate surface area is 124 Å². The SMILES string of the molecule is O=[C]c1ccc(Cn2c(C(F)(F)F)nc3ccccc32)cc1. The van der Waals surface area contributed by atoms with Crippen LogP contribution in [0.3, 0.4) is 0 Å². The van der Waals surface area contributed by atoms with Gasteiger partial charge in [0, 0.05) is 12.1 Å². The zero-order valence-electron chi connectivity index (χ0n) is 11.3. The Bertz CT molecular complexity index is 820. The van der Waals surface area contributed by atoms with Gasteiger partial charge in [-0.15, -0.1) is 0 Å². The van der Waals surface area contributed by atoms with Crippen LogP contribution in [0.4, 0.5) is 13.2 Å². The zero-order valence-corrected chi connectivity index (χ0v) is 11.3. The van der Waals surface area contributed by atoms with Crippen molar-refractivity contribution in [1.82, 2.24) is 9.55 Å². The number of alkyl halides is 3. The van der Waals surface area contributed by atoms with Crippen molar-refractivity contribution in [3.63, 3.8) is 0 Å². The number of hydrogen-bond donors (Lipinski definition) is 0. The fraction of sp³-hybridized carbons (Fsp3) is 0.125. The lowest BCUT2D eigenvalue weighted by molar-refractivity contribution is -0.146. The molecule has 0 aliphatic carbocycles. The molecular weight excluding hydrogens is 293 g/mol. The summed E-state index contributed by atoms with van der Waals surface area (Å²) >= 11 is 0. The maximum Gasteiger partial charge on any atom is 0.449 e. The second kappa shape index (κ2) is 5.29. The monoisotopic (exact) mass is 303 g/mol. The second-order valence-electron chi connectivity index (χ2n) is 4.81. The molecule has 22 heavy (non-hydrogen) atoms. The molecule has 111 valence electrons. The summed E-state index contributed by atoms with van der Waals surface area (Å²) in [7, 11) is 0. The highest BCUT2D eigenvalue weighted by Crippen LogP contribution is 2.32. The summed E-state index contributed by atoms with van der Waals surface area (Å²) in [6, 6.07) is 12.7. The molecule has 1 radical (unpaired) electrons. The number of para-hydroxylation sites is 2. The van der Waals surface area contributed by atoms with Gasteiger partial charge in [0.05, 0.1) is 11.0 Å². The first-order valence-electron chi connectivity index (χ1n) is 6.48. The highest BCUT2D eigenvalue weighted by atomic mass is 19.4. The number of rotatable bonds is 3. The average Bonchev–Trinajstić information content (AvgIpc) is 2.87. The topological polar surface area (TPSA) is 34.9 Å². The van der Waals surface area contributed by atoms with Crippen LogP contribution in [0.1, 0.15) is 17.0 Å². The molecular formula is C16H10F3N2O. The molecule has 3 aromatic rings. The van der Waals surface area contributed by atoms with E-state index in [1.165, 1.54) is 12.1 Å². The summed E-state index contributed by atoms with van der Waals surface area (Å²) in [6.07, 6.45) is -2.80. The Morgan fingerprint density at radius 1 is 1.05 bits per heavy atom. The number of fused-ring (bicyclic) bond motifs is 1. The molecule has 1 heterocycles. The van der Waals surface area contributed by atoms with Gasteiger partial charge in [-0.1, -0.05) is 36.4 Å². The van der Waals surface area contributed by atoms with E-state index in [1.807, 2.05) is 0 Å².